The third-order valence-electron chi connectivity index (χ3n) is 3.55. The number of anilines is 1. The van der Waals surface area contributed by atoms with Gasteiger partial charge in [-0.05, 0) is 18.2 Å². The number of hydrogen-bond acceptors (Lipinski definition) is 8. The predicted octanol–water partition coefficient (Wildman–Crippen LogP) is 2.19. The number of carbonyl (C=O) groups excluding carboxylic acids is 3. The molecule has 0 aromatic heterocycles. The lowest BCUT2D eigenvalue weighted by Crippen LogP contribution is -2.22. The summed E-state index contributed by atoms with van der Waals surface area (Å²) in [5.41, 5.74) is -0.211. The van der Waals surface area contributed by atoms with Crippen LogP contribution in [0.25, 0.3) is 0 Å². The molecule has 0 radical (unpaired) electrons. The van der Waals surface area contributed by atoms with Crippen LogP contribution in [0, 0.1) is 10.1 Å². The van der Waals surface area contributed by atoms with E-state index in [2.05, 4.69) is 10.1 Å². The molecule has 0 aliphatic rings. The third-order valence-corrected chi connectivity index (χ3v) is 3.55. The second-order valence-electron chi connectivity index (χ2n) is 5.30. The fourth-order valence-electron chi connectivity index (χ4n) is 2.24. The van der Waals surface area contributed by atoms with Gasteiger partial charge in [-0.15, -0.1) is 0 Å². The molecule has 0 fully saturated rings. The van der Waals surface area contributed by atoms with Crippen molar-refractivity contribution in [1.29, 1.82) is 0 Å². The zero-order valence-electron chi connectivity index (χ0n) is 15.0. The molecule has 0 saturated carbocycles. The Bertz CT molecular complexity index is 926. The number of ether oxygens (including phenoxy) is 3. The molecule has 146 valence electrons. The van der Waals surface area contributed by atoms with Crippen molar-refractivity contribution in [3.8, 4) is 5.75 Å². The van der Waals surface area contributed by atoms with Gasteiger partial charge in [-0.3, -0.25) is 14.9 Å². The first-order chi connectivity index (χ1) is 13.4. The van der Waals surface area contributed by atoms with E-state index in [0.29, 0.717) is 0 Å². The van der Waals surface area contributed by atoms with E-state index in [0.717, 1.165) is 6.07 Å². The molecule has 0 unspecified atom stereocenters. The van der Waals surface area contributed by atoms with Gasteiger partial charge in [-0.2, -0.15) is 0 Å². The van der Waals surface area contributed by atoms with Crippen LogP contribution in [0.4, 0.5) is 11.4 Å². The van der Waals surface area contributed by atoms with Crippen molar-refractivity contribution >= 4 is 29.2 Å². The van der Waals surface area contributed by atoms with E-state index in [1.165, 1.54) is 38.5 Å². The maximum Gasteiger partial charge on any atom is 0.342 e. The average molecular weight is 388 g/mol. The third kappa shape index (κ3) is 4.81. The SMILES string of the molecule is COC(=O)c1ccccc1NC(=O)COC(=O)c1cc([N+](=O)[O-])ccc1OC. The number of nitrogens with zero attached hydrogens (tertiary/aromatic N) is 1. The molecule has 0 bridgehead atoms. The van der Waals surface area contributed by atoms with Crippen molar-refractivity contribution in [2.75, 3.05) is 26.1 Å². The fourth-order valence-corrected chi connectivity index (χ4v) is 2.24. The number of amides is 1. The number of nitro benzene ring substituents is 1. The van der Waals surface area contributed by atoms with E-state index in [1.54, 1.807) is 12.1 Å². The van der Waals surface area contributed by atoms with E-state index in [4.69, 9.17) is 9.47 Å². The highest BCUT2D eigenvalue weighted by molar-refractivity contribution is 6.02. The monoisotopic (exact) mass is 388 g/mol. The highest BCUT2D eigenvalue weighted by Crippen LogP contribution is 2.24. The van der Waals surface area contributed by atoms with Crippen LogP contribution >= 0.6 is 0 Å². The standard InChI is InChI=1S/C18H16N2O8/c1-26-15-8-7-11(20(24)25)9-13(15)18(23)28-10-16(21)19-14-6-4-3-5-12(14)17(22)27-2/h3-9H,10H2,1-2H3,(H,19,21). The van der Waals surface area contributed by atoms with Crippen LogP contribution < -0.4 is 10.1 Å². The van der Waals surface area contributed by atoms with Gasteiger partial charge in [0.25, 0.3) is 11.6 Å². The second-order valence-corrected chi connectivity index (χ2v) is 5.30. The molecule has 0 saturated heterocycles. The van der Waals surface area contributed by atoms with Crippen LogP contribution in [0.5, 0.6) is 5.75 Å². The van der Waals surface area contributed by atoms with Crippen LogP contribution in [-0.4, -0.2) is 43.6 Å². The number of hydrogen-bond donors (Lipinski definition) is 1. The normalized spacial score (nSPS) is 9.93. The number of carbonyl (C=O) groups is 3. The summed E-state index contributed by atoms with van der Waals surface area (Å²) in [7, 11) is 2.49. The maximum atomic E-state index is 12.2. The number of nitrogens with one attached hydrogen (secondary N) is 1. The Balaban J connectivity index is 2.08. The molecule has 2 aromatic rings. The lowest BCUT2D eigenvalue weighted by molar-refractivity contribution is -0.384. The van der Waals surface area contributed by atoms with E-state index in [9.17, 15) is 24.5 Å². The molecule has 2 rings (SSSR count). The van der Waals surface area contributed by atoms with Crippen molar-refractivity contribution in [3.05, 3.63) is 63.7 Å². The Labute approximate surface area is 159 Å². The van der Waals surface area contributed by atoms with Crippen molar-refractivity contribution in [2.45, 2.75) is 0 Å². The number of benzene rings is 2. The van der Waals surface area contributed by atoms with Crippen LogP contribution in [-0.2, 0) is 14.3 Å². The summed E-state index contributed by atoms with van der Waals surface area (Å²) in [5.74, 6) is -2.27. The van der Waals surface area contributed by atoms with Crippen molar-refractivity contribution in [2.24, 2.45) is 0 Å². The van der Waals surface area contributed by atoms with Gasteiger partial charge in [0.1, 0.15) is 11.3 Å². The van der Waals surface area contributed by atoms with Gasteiger partial charge in [-0.1, -0.05) is 12.1 Å². The summed E-state index contributed by atoms with van der Waals surface area (Å²) in [6.07, 6.45) is 0. The summed E-state index contributed by atoms with van der Waals surface area (Å²) in [6.45, 7) is -0.680. The molecule has 0 heterocycles. The van der Waals surface area contributed by atoms with E-state index in [-0.39, 0.29) is 28.3 Å². The topological polar surface area (TPSA) is 134 Å². The van der Waals surface area contributed by atoms with Gasteiger partial charge in [0, 0.05) is 12.1 Å². The molecule has 10 nitrogen and oxygen atoms in total. The molecule has 0 spiro atoms. The number of rotatable bonds is 7. The lowest BCUT2D eigenvalue weighted by atomic mass is 10.1. The Morgan fingerprint density at radius 3 is 2.39 bits per heavy atom. The average Bonchev–Trinajstić information content (AvgIpc) is 2.71. The number of para-hydroxylation sites is 1. The minimum Gasteiger partial charge on any atom is -0.496 e. The van der Waals surface area contributed by atoms with Crippen LogP contribution in [0.1, 0.15) is 20.7 Å². The molecule has 28 heavy (non-hydrogen) atoms. The zero-order chi connectivity index (χ0) is 20.7. The van der Waals surface area contributed by atoms with Gasteiger partial charge in [0.15, 0.2) is 6.61 Å². The van der Waals surface area contributed by atoms with Gasteiger partial charge >= 0.3 is 11.9 Å². The van der Waals surface area contributed by atoms with E-state index >= 15 is 0 Å². The summed E-state index contributed by atoms with van der Waals surface area (Å²) < 4.78 is 14.5. The van der Waals surface area contributed by atoms with E-state index < -0.39 is 29.4 Å². The summed E-state index contributed by atoms with van der Waals surface area (Å²) in [6, 6.07) is 9.55. The molecule has 0 aliphatic heterocycles. The van der Waals surface area contributed by atoms with Crippen molar-refractivity contribution in [1.82, 2.24) is 0 Å². The number of methoxy groups -OCH3 is 2. The minimum atomic E-state index is -0.975. The molecule has 2 aromatic carbocycles. The Hall–Kier alpha value is -3.95. The van der Waals surface area contributed by atoms with Crippen LogP contribution in [0.2, 0.25) is 0 Å². The molecular weight excluding hydrogens is 372 g/mol. The van der Waals surface area contributed by atoms with E-state index in [1.807, 2.05) is 0 Å². The summed E-state index contributed by atoms with van der Waals surface area (Å²) >= 11 is 0. The quantitative estimate of drug-likeness (QED) is 0.433. The van der Waals surface area contributed by atoms with Crippen molar-refractivity contribution in [3.63, 3.8) is 0 Å². The predicted molar refractivity (Wildman–Crippen MR) is 96.3 cm³/mol. The van der Waals surface area contributed by atoms with Gasteiger partial charge in [0.05, 0.1) is 30.4 Å². The number of esters is 2. The first-order valence-electron chi connectivity index (χ1n) is 7.84. The first-order valence-corrected chi connectivity index (χ1v) is 7.84. The fraction of sp³-hybridized carbons (Fsp3) is 0.167. The highest BCUT2D eigenvalue weighted by atomic mass is 16.6. The smallest absolute Gasteiger partial charge is 0.342 e. The van der Waals surface area contributed by atoms with Gasteiger partial charge < -0.3 is 19.5 Å². The zero-order valence-corrected chi connectivity index (χ0v) is 15.0. The lowest BCUT2D eigenvalue weighted by Gasteiger charge is -2.11. The second kappa shape index (κ2) is 9.12. The Morgan fingerprint density at radius 1 is 1.04 bits per heavy atom. The number of non-ortho nitro benzene ring substituents is 1. The summed E-state index contributed by atoms with van der Waals surface area (Å²) in [5, 5.41) is 13.3. The van der Waals surface area contributed by atoms with Crippen LogP contribution in [0.15, 0.2) is 42.5 Å². The van der Waals surface area contributed by atoms with Crippen molar-refractivity contribution < 1.29 is 33.5 Å². The summed E-state index contributed by atoms with van der Waals surface area (Å²) in [4.78, 5) is 46.1. The molecular formula is C18H16N2O8. The largest absolute Gasteiger partial charge is 0.496 e. The first kappa shape index (κ1) is 20.4. The molecule has 0 atom stereocenters. The molecule has 1 amide bonds. The Kier molecular flexibility index (Phi) is 6.63. The minimum absolute atomic E-state index is 0.0621. The highest BCUT2D eigenvalue weighted by Gasteiger charge is 2.20. The van der Waals surface area contributed by atoms with Gasteiger partial charge in [-0.25, -0.2) is 9.59 Å². The van der Waals surface area contributed by atoms with Crippen LogP contribution in [0.3, 0.4) is 0 Å². The number of nitro groups is 1. The van der Waals surface area contributed by atoms with Gasteiger partial charge in [0.2, 0.25) is 0 Å². The maximum absolute atomic E-state index is 12.2. The molecule has 0 aliphatic carbocycles. The molecule has 10 heteroatoms. The Morgan fingerprint density at radius 2 is 1.75 bits per heavy atom. The molecule has 1 N–H and O–H groups in total.